The molecule has 0 saturated carbocycles. The molecule has 2 aromatic rings. The van der Waals surface area contributed by atoms with Crippen molar-refractivity contribution in [1.29, 1.82) is 0 Å². The van der Waals surface area contributed by atoms with Crippen LogP contribution >= 0.6 is 0 Å². The van der Waals surface area contributed by atoms with Gasteiger partial charge in [0.2, 0.25) is 0 Å². The second kappa shape index (κ2) is 8.65. The molecule has 3 heteroatoms. The summed E-state index contributed by atoms with van der Waals surface area (Å²) >= 11 is 0. The maximum Gasteiger partial charge on any atom is 0.251 e. The number of carbonyl (C=O) groups is 1. The van der Waals surface area contributed by atoms with E-state index in [4.69, 9.17) is 0 Å². The Hall–Kier alpha value is -2.13. The summed E-state index contributed by atoms with van der Waals surface area (Å²) in [6, 6.07) is 14.4. The summed E-state index contributed by atoms with van der Waals surface area (Å²) in [5.74, 6) is 0.00110. The fraction of sp³-hybridized carbons (Fsp3) is 0.381. The van der Waals surface area contributed by atoms with Crippen molar-refractivity contribution in [3.63, 3.8) is 0 Å². The van der Waals surface area contributed by atoms with Crippen LogP contribution in [0.15, 0.2) is 42.5 Å². The summed E-state index contributed by atoms with van der Waals surface area (Å²) in [6.45, 7) is 12.2. The van der Waals surface area contributed by atoms with Crippen LogP contribution < -0.4 is 10.2 Å². The average molecular weight is 325 g/mol. The fourth-order valence-electron chi connectivity index (χ4n) is 2.92. The molecule has 0 aliphatic heterocycles. The highest BCUT2D eigenvalue weighted by Crippen LogP contribution is 2.12. The molecule has 0 radical (unpaired) electrons. The van der Waals surface area contributed by atoms with Gasteiger partial charge in [-0.25, -0.2) is 0 Å². The number of hydrogen-bond acceptors (Lipinski definition) is 1. The van der Waals surface area contributed by atoms with E-state index in [1.165, 1.54) is 11.1 Å². The van der Waals surface area contributed by atoms with Gasteiger partial charge in [0.05, 0.1) is 13.1 Å². The van der Waals surface area contributed by atoms with E-state index in [-0.39, 0.29) is 5.91 Å². The zero-order valence-corrected chi connectivity index (χ0v) is 15.3. The van der Waals surface area contributed by atoms with Gasteiger partial charge in [-0.05, 0) is 44.9 Å². The first-order valence-electron chi connectivity index (χ1n) is 8.81. The number of carbonyl (C=O) groups excluding carboxylic acids is 1. The molecule has 1 amide bonds. The molecule has 3 nitrogen and oxygen atoms in total. The highest BCUT2D eigenvalue weighted by Gasteiger charge is 2.12. The summed E-state index contributed by atoms with van der Waals surface area (Å²) in [4.78, 5) is 14.1. The molecule has 0 aliphatic rings. The lowest BCUT2D eigenvalue weighted by atomic mass is 10.0. The van der Waals surface area contributed by atoms with Crippen LogP contribution in [-0.2, 0) is 13.1 Å². The second-order valence-electron chi connectivity index (χ2n) is 6.40. The number of quaternary nitrogens is 1. The van der Waals surface area contributed by atoms with Crippen LogP contribution in [0.4, 0.5) is 0 Å². The Morgan fingerprint density at radius 1 is 1.00 bits per heavy atom. The maximum absolute atomic E-state index is 12.5. The van der Waals surface area contributed by atoms with Gasteiger partial charge >= 0.3 is 0 Å². The van der Waals surface area contributed by atoms with Crippen molar-refractivity contribution in [1.82, 2.24) is 5.32 Å². The van der Waals surface area contributed by atoms with Crippen LogP contribution in [0.2, 0.25) is 0 Å². The van der Waals surface area contributed by atoms with E-state index in [0.717, 1.165) is 36.3 Å². The van der Waals surface area contributed by atoms with Gasteiger partial charge in [-0.15, -0.1) is 0 Å². The van der Waals surface area contributed by atoms with Crippen LogP contribution in [0, 0.1) is 13.8 Å². The van der Waals surface area contributed by atoms with E-state index in [2.05, 4.69) is 37.4 Å². The first-order valence-corrected chi connectivity index (χ1v) is 8.81. The third kappa shape index (κ3) is 4.68. The molecule has 0 unspecified atom stereocenters. The average Bonchev–Trinajstić information content (AvgIpc) is 2.60. The van der Waals surface area contributed by atoms with Gasteiger partial charge in [-0.2, -0.15) is 0 Å². The Kier molecular flexibility index (Phi) is 6.56. The summed E-state index contributed by atoms with van der Waals surface area (Å²) < 4.78 is 0. The van der Waals surface area contributed by atoms with Crippen molar-refractivity contribution in [3.05, 3.63) is 70.3 Å². The molecule has 2 aromatic carbocycles. The van der Waals surface area contributed by atoms with Gasteiger partial charge in [0, 0.05) is 17.7 Å². The molecule has 2 N–H and O–H groups in total. The first-order chi connectivity index (χ1) is 11.5. The van der Waals surface area contributed by atoms with Crippen LogP contribution in [-0.4, -0.2) is 19.0 Å². The molecule has 0 atom stereocenters. The number of aryl methyl sites for hydroxylation is 2. The van der Waals surface area contributed by atoms with Gasteiger partial charge < -0.3 is 10.2 Å². The zero-order chi connectivity index (χ0) is 17.5. The molecular formula is C21H29N2O+. The molecule has 0 spiro atoms. The Labute approximate surface area is 145 Å². The minimum atomic E-state index is 0.00110. The fourth-order valence-corrected chi connectivity index (χ4v) is 2.92. The van der Waals surface area contributed by atoms with Crippen molar-refractivity contribution >= 4 is 5.91 Å². The van der Waals surface area contributed by atoms with E-state index in [1.807, 2.05) is 38.1 Å². The molecule has 0 fully saturated rings. The summed E-state index contributed by atoms with van der Waals surface area (Å²) in [5, 5.41) is 3.08. The standard InChI is InChI=1S/C21H28N2O/c1-5-23(6-2)15-19-10-8-7-9-18(19)14-22-21(24)20-13-16(3)11-12-17(20)4/h7-13H,5-6,14-15H2,1-4H3,(H,22,24)/p+1. The van der Waals surface area contributed by atoms with E-state index in [1.54, 1.807) is 4.90 Å². The summed E-state index contributed by atoms with van der Waals surface area (Å²) in [6.07, 6.45) is 0. The molecule has 0 aromatic heterocycles. The molecular weight excluding hydrogens is 296 g/mol. The third-order valence-electron chi connectivity index (χ3n) is 4.64. The lowest BCUT2D eigenvalue weighted by Crippen LogP contribution is -3.10. The quantitative estimate of drug-likeness (QED) is 0.806. The molecule has 2 rings (SSSR count). The van der Waals surface area contributed by atoms with Gasteiger partial charge in [-0.3, -0.25) is 4.79 Å². The third-order valence-corrected chi connectivity index (χ3v) is 4.64. The first kappa shape index (κ1) is 18.2. The molecule has 0 saturated heterocycles. The number of rotatable bonds is 7. The molecule has 0 aliphatic carbocycles. The second-order valence-corrected chi connectivity index (χ2v) is 6.40. The maximum atomic E-state index is 12.5. The Bertz CT molecular complexity index is 690. The van der Waals surface area contributed by atoms with E-state index in [9.17, 15) is 4.79 Å². The van der Waals surface area contributed by atoms with Gasteiger partial charge in [-0.1, -0.05) is 42.0 Å². The van der Waals surface area contributed by atoms with Gasteiger partial charge in [0.15, 0.2) is 0 Å². The van der Waals surface area contributed by atoms with Crippen molar-refractivity contribution in [3.8, 4) is 0 Å². The van der Waals surface area contributed by atoms with Crippen LogP contribution in [0.5, 0.6) is 0 Å². The Balaban J connectivity index is 2.09. The van der Waals surface area contributed by atoms with Gasteiger partial charge in [0.1, 0.15) is 6.54 Å². The lowest BCUT2D eigenvalue weighted by Gasteiger charge is -2.18. The van der Waals surface area contributed by atoms with Crippen molar-refractivity contribution in [2.75, 3.05) is 13.1 Å². The summed E-state index contributed by atoms with van der Waals surface area (Å²) in [7, 11) is 0. The SMILES string of the molecule is CC[NH+](CC)Cc1ccccc1CNC(=O)c1cc(C)ccc1C. The minimum absolute atomic E-state index is 0.00110. The van der Waals surface area contributed by atoms with E-state index >= 15 is 0 Å². The number of hydrogen-bond donors (Lipinski definition) is 2. The predicted molar refractivity (Wildman–Crippen MR) is 99.3 cm³/mol. The van der Waals surface area contributed by atoms with Crippen molar-refractivity contribution in [2.24, 2.45) is 0 Å². The Morgan fingerprint density at radius 2 is 1.67 bits per heavy atom. The van der Waals surface area contributed by atoms with Crippen molar-refractivity contribution < 1.29 is 9.69 Å². The minimum Gasteiger partial charge on any atom is -0.348 e. The van der Waals surface area contributed by atoms with E-state index < -0.39 is 0 Å². The monoisotopic (exact) mass is 325 g/mol. The molecule has 24 heavy (non-hydrogen) atoms. The molecule has 0 bridgehead atoms. The molecule has 0 heterocycles. The van der Waals surface area contributed by atoms with Crippen molar-refractivity contribution in [2.45, 2.75) is 40.8 Å². The Morgan fingerprint density at radius 3 is 2.33 bits per heavy atom. The lowest BCUT2D eigenvalue weighted by molar-refractivity contribution is -0.910. The highest BCUT2D eigenvalue weighted by molar-refractivity contribution is 5.95. The topological polar surface area (TPSA) is 33.5 Å². The zero-order valence-electron chi connectivity index (χ0n) is 15.3. The normalized spacial score (nSPS) is 10.9. The van der Waals surface area contributed by atoms with Gasteiger partial charge in [0.25, 0.3) is 5.91 Å². The van der Waals surface area contributed by atoms with Crippen LogP contribution in [0.1, 0.15) is 46.5 Å². The van der Waals surface area contributed by atoms with Crippen LogP contribution in [0.3, 0.4) is 0 Å². The van der Waals surface area contributed by atoms with E-state index in [0.29, 0.717) is 6.54 Å². The number of amides is 1. The smallest absolute Gasteiger partial charge is 0.251 e. The number of nitrogens with one attached hydrogen (secondary N) is 2. The largest absolute Gasteiger partial charge is 0.348 e. The predicted octanol–water partition coefficient (Wildman–Crippen LogP) is 2.66. The molecule has 128 valence electrons. The van der Waals surface area contributed by atoms with Crippen LogP contribution in [0.25, 0.3) is 0 Å². The summed E-state index contributed by atoms with van der Waals surface area (Å²) in [5.41, 5.74) is 5.41. The highest BCUT2D eigenvalue weighted by atomic mass is 16.1. The number of benzene rings is 2.